The number of benzene rings is 1. The van der Waals surface area contributed by atoms with Crippen LogP contribution in [0.25, 0.3) is 5.69 Å². The number of nitrogens with one attached hydrogen (secondary N) is 2. The van der Waals surface area contributed by atoms with Gasteiger partial charge in [0.15, 0.2) is 5.96 Å². The first-order valence-corrected chi connectivity index (χ1v) is 9.10. The monoisotopic (exact) mass is 366 g/mol. The van der Waals surface area contributed by atoms with Crippen LogP contribution in [0.2, 0.25) is 0 Å². The van der Waals surface area contributed by atoms with Gasteiger partial charge in [0.05, 0.1) is 25.0 Å². The summed E-state index contributed by atoms with van der Waals surface area (Å²) in [5.41, 5.74) is 1.90. The van der Waals surface area contributed by atoms with Crippen molar-refractivity contribution in [1.82, 2.24) is 25.0 Å². The fourth-order valence-electron chi connectivity index (χ4n) is 2.65. The van der Waals surface area contributed by atoms with E-state index in [1.807, 2.05) is 53.3 Å². The van der Waals surface area contributed by atoms with Gasteiger partial charge >= 0.3 is 0 Å². The van der Waals surface area contributed by atoms with Gasteiger partial charge < -0.3 is 19.9 Å². The SMILES string of the molecule is CCNC(=NCc1ccn(-c2ccc(OC)cc2)n1)NCCn1cccc1. The summed E-state index contributed by atoms with van der Waals surface area (Å²) in [6.07, 6.45) is 6.05. The van der Waals surface area contributed by atoms with Crippen molar-refractivity contribution < 1.29 is 4.74 Å². The summed E-state index contributed by atoms with van der Waals surface area (Å²) in [5.74, 6) is 1.63. The minimum Gasteiger partial charge on any atom is -0.497 e. The van der Waals surface area contributed by atoms with Gasteiger partial charge in [0.1, 0.15) is 5.75 Å². The lowest BCUT2D eigenvalue weighted by atomic mass is 10.3. The summed E-state index contributed by atoms with van der Waals surface area (Å²) in [6, 6.07) is 13.8. The summed E-state index contributed by atoms with van der Waals surface area (Å²) in [5, 5.41) is 11.2. The van der Waals surface area contributed by atoms with Crippen molar-refractivity contribution in [3.05, 3.63) is 66.7 Å². The van der Waals surface area contributed by atoms with Gasteiger partial charge in [-0.1, -0.05) is 0 Å². The van der Waals surface area contributed by atoms with Crippen LogP contribution in [-0.2, 0) is 13.1 Å². The van der Waals surface area contributed by atoms with Crippen LogP contribution in [-0.4, -0.2) is 40.5 Å². The van der Waals surface area contributed by atoms with Crippen LogP contribution in [0.5, 0.6) is 5.75 Å². The van der Waals surface area contributed by atoms with Crippen LogP contribution < -0.4 is 15.4 Å². The third-order valence-electron chi connectivity index (χ3n) is 4.05. The van der Waals surface area contributed by atoms with Crippen LogP contribution in [0.4, 0.5) is 0 Å². The van der Waals surface area contributed by atoms with E-state index in [0.29, 0.717) is 6.54 Å². The molecule has 0 aliphatic rings. The van der Waals surface area contributed by atoms with Crippen molar-refractivity contribution in [3.63, 3.8) is 0 Å². The Morgan fingerprint density at radius 3 is 2.56 bits per heavy atom. The summed E-state index contributed by atoms with van der Waals surface area (Å²) in [4.78, 5) is 4.63. The van der Waals surface area contributed by atoms with Crippen molar-refractivity contribution in [2.75, 3.05) is 20.2 Å². The number of guanidine groups is 1. The predicted octanol–water partition coefficient (Wildman–Crippen LogP) is 2.44. The summed E-state index contributed by atoms with van der Waals surface area (Å²) in [7, 11) is 1.66. The molecule has 0 fully saturated rings. The number of hydrogen-bond donors (Lipinski definition) is 2. The molecule has 0 saturated carbocycles. The second-order valence-electron chi connectivity index (χ2n) is 5.99. The molecule has 0 saturated heterocycles. The maximum Gasteiger partial charge on any atom is 0.191 e. The quantitative estimate of drug-likeness (QED) is 0.475. The third-order valence-corrected chi connectivity index (χ3v) is 4.05. The summed E-state index contributed by atoms with van der Waals surface area (Å²) >= 11 is 0. The van der Waals surface area contributed by atoms with Gasteiger partial charge in [-0.05, 0) is 49.4 Å². The Bertz CT molecular complexity index is 836. The minimum absolute atomic E-state index is 0.516. The highest BCUT2D eigenvalue weighted by Gasteiger charge is 2.03. The zero-order chi connectivity index (χ0) is 18.9. The zero-order valence-corrected chi connectivity index (χ0v) is 15.8. The molecule has 2 N–H and O–H groups in total. The molecule has 7 nitrogen and oxygen atoms in total. The molecule has 142 valence electrons. The van der Waals surface area contributed by atoms with Gasteiger partial charge in [-0.25, -0.2) is 9.67 Å². The molecule has 3 rings (SSSR count). The van der Waals surface area contributed by atoms with E-state index in [0.717, 1.165) is 42.7 Å². The van der Waals surface area contributed by atoms with Gasteiger partial charge in [-0.3, -0.25) is 0 Å². The molecule has 2 aromatic heterocycles. The van der Waals surface area contributed by atoms with Crippen molar-refractivity contribution in [1.29, 1.82) is 0 Å². The Morgan fingerprint density at radius 2 is 1.85 bits per heavy atom. The molecule has 0 atom stereocenters. The highest BCUT2D eigenvalue weighted by molar-refractivity contribution is 5.79. The molecule has 3 aromatic rings. The Balaban J connectivity index is 1.57. The van der Waals surface area contributed by atoms with E-state index in [1.54, 1.807) is 7.11 Å². The molecule has 0 unspecified atom stereocenters. The number of ether oxygens (including phenoxy) is 1. The first-order chi connectivity index (χ1) is 13.3. The summed E-state index contributed by atoms with van der Waals surface area (Å²) < 4.78 is 9.17. The number of aliphatic imine (C=N–C) groups is 1. The van der Waals surface area contributed by atoms with Crippen LogP contribution >= 0.6 is 0 Å². The van der Waals surface area contributed by atoms with E-state index in [2.05, 4.69) is 44.6 Å². The second-order valence-corrected chi connectivity index (χ2v) is 5.99. The van der Waals surface area contributed by atoms with E-state index in [9.17, 15) is 0 Å². The maximum atomic E-state index is 5.19. The standard InChI is InChI=1S/C20H26N6O/c1-3-21-20(22-11-15-25-12-4-5-13-25)23-16-17-10-14-26(24-17)18-6-8-19(27-2)9-7-18/h4-10,12-14H,3,11,15-16H2,1-2H3,(H2,21,22,23). The molecule has 1 aromatic carbocycles. The number of nitrogens with zero attached hydrogens (tertiary/aromatic N) is 4. The Morgan fingerprint density at radius 1 is 1.07 bits per heavy atom. The van der Waals surface area contributed by atoms with E-state index < -0.39 is 0 Å². The molecule has 0 bridgehead atoms. The van der Waals surface area contributed by atoms with Crippen LogP contribution in [0.1, 0.15) is 12.6 Å². The number of rotatable bonds is 8. The fraction of sp³-hybridized carbons (Fsp3) is 0.300. The molecule has 7 heteroatoms. The average Bonchev–Trinajstić information content (AvgIpc) is 3.38. The third kappa shape index (κ3) is 5.37. The highest BCUT2D eigenvalue weighted by Crippen LogP contribution is 2.14. The van der Waals surface area contributed by atoms with E-state index >= 15 is 0 Å². The molecule has 0 radical (unpaired) electrons. The molecule has 0 spiro atoms. The largest absolute Gasteiger partial charge is 0.497 e. The second kappa shape index (κ2) is 9.47. The van der Waals surface area contributed by atoms with E-state index in [-0.39, 0.29) is 0 Å². The zero-order valence-electron chi connectivity index (χ0n) is 15.8. The average molecular weight is 366 g/mol. The first-order valence-electron chi connectivity index (χ1n) is 9.10. The molecule has 2 heterocycles. The lowest BCUT2D eigenvalue weighted by molar-refractivity contribution is 0.414. The van der Waals surface area contributed by atoms with Gasteiger partial charge in [0, 0.05) is 38.2 Å². The highest BCUT2D eigenvalue weighted by atomic mass is 16.5. The molecule has 0 aliphatic heterocycles. The van der Waals surface area contributed by atoms with Crippen LogP contribution in [0.3, 0.4) is 0 Å². The molecule has 0 aliphatic carbocycles. The molecule has 0 amide bonds. The minimum atomic E-state index is 0.516. The predicted molar refractivity (Wildman–Crippen MR) is 107 cm³/mol. The van der Waals surface area contributed by atoms with Crippen LogP contribution in [0, 0.1) is 0 Å². The fourth-order valence-corrected chi connectivity index (χ4v) is 2.65. The lowest BCUT2D eigenvalue weighted by Gasteiger charge is -2.11. The Labute approximate surface area is 159 Å². The number of hydrogen-bond acceptors (Lipinski definition) is 3. The van der Waals surface area contributed by atoms with Crippen molar-refractivity contribution in [3.8, 4) is 11.4 Å². The normalized spacial score (nSPS) is 11.4. The topological polar surface area (TPSA) is 68.4 Å². The van der Waals surface area contributed by atoms with Gasteiger partial charge in [0.2, 0.25) is 0 Å². The van der Waals surface area contributed by atoms with E-state index in [1.165, 1.54) is 0 Å². The number of aromatic nitrogens is 3. The number of methoxy groups -OCH3 is 1. The maximum absolute atomic E-state index is 5.19. The van der Waals surface area contributed by atoms with Gasteiger partial charge in [0.25, 0.3) is 0 Å². The van der Waals surface area contributed by atoms with Crippen LogP contribution in [0.15, 0.2) is 66.0 Å². The smallest absolute Gasteiger partial charge is 0.191 e. The summed E-state index contributed by atoms with van der Waals surface area (Å²) in [6.45, 7) is 5.09. The lowest BCUT2D eigenvalue weighted by Crippen LogP contribution is -2.38. The van der Waals surface area contributed by atoms with Crippen molar-refractivity contribution in [2.45, 2.75) is 20.0 Å². The Hall–Kier alpha value is -3.22. The first kappa shape index (κ1) is 18.6. The van der Waals surface area contributed by atoms with Gasteiger partial charge in [-0.15, -0.1) is 0 Å². The van der Waals surface area contributed by atoms with E-state index in [4.69, 9.17) is 4.74 Å². The van der Waals surface area contributed by atoms with Crippen molar-refractivity contribution >= 4 is 5.96 Å². The van der Waals surface area contributed by atoms with Crippen molar-refractivity contribution in [2.24, 2.45) is 4.99 Å². The molecule has 27 heavy (non-hydrogen) atoms. The molecular weight excluding hydrogens is 340 g/mol. The van der Waals surface area contributed by atoms with Gasteiger partial charge in [-0.2, -0.15) is 5.10 Å². The molecular formula is C20H26N6O. The Kier molecular flexibility index (Phi) is 6.51.